The quantitative estimate of drug-likeness (QED) is 0.411. The van der Waals surface area contributed by atoms with Crippen LogP contribution >= 0.6 is 0 Å². The summed E-state index contributed by atoms with van der Waals surface area (Å²) in [7, 11) is 0. The minimum Gasteiger partial charge on any atom is -0.299 e. The third-order valence-electron chi connectivity index (χ3n) is 1.86. The predicted molar refractivity (Wildman–Crippen MR) is 57.7 cm³/mol. The van der Waals surface area contributed by atoms with E-state index in [-0.39, 0.29) is 5.78 Å². The normalized spacial score (nSPS) is 10.5. The van der Waals surface area contributed by atoms with Gasteiger partial charge in [-0.25, -0.2) is 0 Å². The number of carbonyl (C=O) groups excluding carboxylic acids is 1. The first-order valence-corrected chi connectivity index (χ1v) is 5.08. The van der Waals surface area contributed by atoms with Gasteiger partial charge in [-0.3, -0.25) is 4.79 Å². The second-order valence-electron chi connectivity index (χ2n) is 3.20. The molecule has 0 fully saturated rings. The molecule has 0 aromatic heterocycles. The molecule has 0 spiro atoms. The Labute approximate surface area is 81.5 Å². The first-order valence-electron chi connectivity index (χ1n) is 5.08. The molecule has 1 nitrogen and oxygen atoms in total. The van der Waals surface area contributed by atoms with Crippen LogP contribution in [0, 0.1) is 0 Å². The molecule has 0 heterocycles. The number of allylic oxidation sites excluding steroid dienone is 3. The van der Waals surface area contributed by atoms with E-state index in [4.69, 9.17) is 0 Å². The van der Waals surface area contributed by atoms with Crippen LogP contribution in [-0.4, -0.2) is 5.78 Å². The zero-order valence-electron chi connectivity index (χ0n) is 8.59. The molecule has 0 aliphatic rings. The summed E-state index contributed by atoms with van der Waals surface area (Å²) in [5.74, 6) is 0.252. The van der Waals surface area contributed by atoms with Crippen molar-refractivity contribution in [3.05, 3.63) is 24.8 Å². The van der Waals surface area contributed by atoms with Crippen LogP contribution in [0.1, 0.15) is 45.4 Å². The van der Waals surface area contributed by atoms with Gasteiger partial charge in [0.2, 0.25) is 0 Å². The highest BCUT2D eigenvalue weighted by atomic mass is 16.1. The van der Waals surface area contributed by atoms with E-state index in [1.807, 2.05) is 6.08 Å². The molecule has 0 aromatic carbocycles. The molecule has 0 aliphatic carbocycles. The minimum atomic E-state index is 0.252. The van der Waals surface area contributed by atoms with Crippen molar-refractivity contribution in [2.75, 3.05) is 0 Å². The zero-order valence-corrected chi connectivity index (χ0v) is 8.59. The lowest BCUT2D eigenvalue weighted by Gasteiger charge is -1.92. The maximum atomic E-state index is 11.0. The smallest absolute Gasteiger partial charge is 0.140 e. The second-order valence-corrected chi connectivity index (χ2v) is 3.20. The summed E-state index contributed by atoms with van der Waals surface area (Å²) in [5, 5.41) is 0. The molecule has 0 aromatic rings. The Balaban J connectivity index is 3.29. The first kappa shape index (κ1) is 12.2. The maximum absolute atomic E-state index is 11.0. The standard InChI is InChI=1S/C12H20O/c1-3-5-6-7-8-9-11-12(13)10-4-2/h4,8-9H,2-3,5-7,10-11H2,1H3/b9-8-. The average Bonchev–Trinajstić information content (AvgIpc) is 2.11. The topological polar surface area (TPSA) is 17.1 Å². The van der Waals surface area contributed by atoms with Crippen molar-refractivity contribution >= 4 is 5.78 Å². The Morgan fingerprint density at radius 2 is 2.00 bits per heavy atom. The van der Waals surface area contributed by atoms with Gasteiger partial charge in [-0.15, -0.1) is 6.58 Å². The summed E-state index contributed by atoms with van der Waals surface area (Å²) in [5.41, 5.74) is 0. The molecule has 0 atom stereocenters. The largest absolute Gasteiger partial charge is 0.299 e. The predicted octanol–water partition coefficient (Wildman–Crippen LogP) is 3.66. The van der Waals surface area contributed by atoms with E-state index >= 15 is 0 Å². The molecule has 13 heavy (non-hydrogen) atoms. The summed E-state index contributed by atoms with van der Waals surface area (Å²) in [6, 6.07) is 0. The molecule has 0 radical (unpaired) electrons. The number of hydrogen-bond acceptors (Lipinski definition) is 1. The zero-order chi connectivity index (χ0) is 9.94. The molecular formula is C12H20O. The van der Waals surface area contributed by atoms with Crippen LogP contribution in [0.2, 0.25) is 0 Å². The molecule has 74 valence electrons. The van der Waals surface area contributed by atoms with E-state index in [2.05, 4.69) is 19.6 Å². The van der Waals surface area contributed by atoms with Crippen molar-refractivity contribution in [1.82, 2.24) is 0 Å². The summed E-state index contributed by atoms with van der Waals surface area (Å²) >= 11 is 0. The highest BCUT2D eigenvalue weighted by molar-refractivity contribution is 5.81. The van der Waals surface area contributed by atoms with Crippen LogP contribution in [0.3, 0.4) is 0 Å². The van der Waals surface area contributed by atoms with Crippen molar-refractivity contribution in [3.63, 3.8) is 0 Å². The Bertz CT molecular complexity index is 168. The van der Waals surface area contributed by atoms with E-state index in [9.17, 15) is 4.79 Å². The fourth-order valence-corrected chi connectivity index (χ4v) is 1.09. The van der Waals surface area contributed by atoms with Crippen LogP contribution < -0.4 is 0 Å². The van der Waals surface area contributed by atoms with Gasteiger partial charge in [0.05, 0.1) is 0 Å². The van der Waals surface area contributed by atoms with Crippen LogP contribution in [0.5, 0.6) is 0 Å². The average molecular weight is 180 g/mol. The van der Waals surface area contributed by atoms with Gasteiger partial charge in [0.15, 0.2) is 0 Å². The summed E-state index contributed by atoms with van der Waals surface area (Å²) in [4.78, 5) is 11.0. The van der Waals surface area contributed by atoms with E-state index < -0.39 is 0 Å². The monoisotopic (exact) mass is 180 g/mol. The van der Waals surface area contributed by atoms with E-state index in [1.54, 1.807) is 6.08 Å². The van der Waals surface area contributed by atoms with Crippen LogP contribution in [-0.2, 0) is 4.79 Å². The molecule has 0 saturated carbocycles. The van der Waals surface area contributed by atoms with E-state index in [1.165, 1.54) is 19.3 Å². The van der Waals surface area contributed by atoms with Gasteiger partial charge in [-0.2, -0.15) is 0 Å². The van der Waals surface area contributed by atoms with Crippen molar-refractivity contribution in [2.45, 2.75) is 45.4 Å². The molecule has 0 aliphatic heterocycles. The van der Waals surface area contributed by atoms with Gasteiger partial charge in [0.25, 0.3) is 0 Å². The molecule has 1 heteroatoms. The van der Waals surface area contributed by atoms with Crippen LogP contribution in [0.15, 0.2) is 24.8 Å². The number of ketones is 1. The Hall–Kier alpha value is -0.850. The molecular weight excluding hydrogens is 160 g/mol. The lowest BCUT2D eigenvalue weighted by molar-refractivity contribution is -0.117. The molecule has 0 amide bonds. The van der Waals surface area contributed by atoms with E-state index in [0.29, 0.717) is 12.8 Å². The molecule has 0 N–H and O–H groups in total. The van der Waals surface area contributed by atoms with Gasteiger partial charge in [0, 0.05) is 12.8 Å². The number of Topliss-reactive ketones (excluding diaryl/α,β-unsaturated/α-hetero) is 1. The lowest BCUT2D eigenvalue weighted by atomic mass is 10.1. The van der Waals surface area contributed by atoms with Crippen molar-refractivity contribution in [3.8, 4) is 0 Å². The van der Waals surface area contributed by atoms with Crippen LogP contribution in [0.25, 0.3) is 0 Å². The van der Waals surface area contributed by atoms with E-state index in [0.717, 1.165) is 6.42 Å². The summed E-state index contributed by atoms with van der Waals surface area (Å²) < 4.78 is 0. The Kier molecular flexibility index (Phi) is 8.64. The molecule has 0 rings (SSSR count). The lowest BCUT2D eigenvalue weighted by Crippen LogP contribution is -1.91. The Morgan fingerprint density at radius 1 is 1.23 bits per heavy atom. The maximum Gasteiger partial charge on any atom is 0.140 e. The van der Waals surface area contributed by atoms with Crippen molar-refractivity contribution in [1.29, 1.82) is 0 Å². The number of hydrogen-bond donors (Lipinski definition) is 0. The van der Waals surface area contributed by atoms with Crippen molar-refractivity contribution in [2.24, 2.45) is 0 Å². The highest BCUT2D eigenvalue weighted by Gasteiger charge is 1.93. The number of rotatable bonds is 8. The minimum absolute atomic E-state index is 0.252. The molecule has 0 saturated heterocycles. The molecule has 0 unspecified atom stereocenters. The number of unbranched alkanes of at least 4 members (excludes halogenated alkanes) is 3. The van der Waals surface area contributed by atoms with Gasteiger partial charge >= 0.3 is 0 Å². The van der Waals surface area contributed by atoms with Crippen molar-refractivity contribution < 1.29 is 4.79 Å². The fourth-order valence-electron chi connectivity index (χ4n) is 1.09. The third kappa shape index (κ3) is 9.06. The van der Waals surface area contributed by atoms with Crippen LogP contribution in [0.4, 0.5) is 0 Å². The van der Waals surface area contributed by atoms with Gasteiger partial charge in [0.1, 0.15) is 5.78 Å². The van der Waals surface area contributed by atoms with Gasteiger partial charge in [-0.05, 0) is 12.8 Å². The molecule has 0 bridgehead atoms. The summed E-state index contributed by atoms with van der Waals surface area (Å²) in [6.45, 7) is 5.72. The fraction of sp³-hybridized carbons (Fsp3) is 0.583. The SMILES string of the molecule is C=CCC(=O)C/C=C\CCCCC. The highest BCUT2D eigenvalue weighted by Crippen LogP contribution is 2.00. The first-order chi connectivity index (χ1) is 6.31. The third-order valence-corrected chi connectivity index (χ3v) is 1.86. The second kappa shape index (κ2) is 9.24. The van der Waals surface area contributed by atoms with Gasteiger partial charge < -0.3 is 0 Å². The number of carbonyl (C=O) groups is 1. The van der Waals surface area contributed by atoms with Gasteiger partial charge in [-0.1, -0.05) is 38.0 Å². The Morgan fingerprint density at radius 3 is 2.62 bits per heavy atom. The summed E-state index contributed by atoms with van der Waals surface area (Å²) in [6.07, 6.45) is 11.7.